The Hall–Kier alpha value is -4.38. The highest BCUT2D eigenvalue weighted by Gasteiger charge is 2.24. The molecule has 1 aliphatic rings. The van der Waals surface area contributed by atoms with Gasteiger partial charge in [-0.2, -0.15) is 15.0 Å². The minimum atomic E-state index is -2.83. The van der Waals surface area contributed by atoms with Crippen LogP contribution in [0.3, 0.4) is 0 Å². The van der Waals surface area contributed by atoms with E-state index in [1.54, 1.807) is 36.4 Å². The second kappa shape index (κ2) is 9.34. The van der Waals surface area contributed by atoms with Crippen LogP contribution in [-0.4, -0.2) is 55.4 Å². The molecule has 4 heterocycles. The number of anilines is 1. The van der Waals surface area contributed by atoms with Crippen LogP contribution >= 0.6 is 0 Å². The van der Waals surface area contributed by atoms with Crippen LogP contribution in [0.1, 0.15) is 12.2 Å². The summed E-state index contributed by atoms with van der Waals surface area (Å²) < 4.78 is 42.6. The highest BCUT2D eigenvalue weighted by atomic mass is 19.3. The van der Waals surface area contributed by atoms with Crippen molar-refractivity contribution in [3.8, 4) is 23.4 Å². The van der Waals surface area contributed by atoms with Crippen molar-refractivity contribution in [1.82, 2.24) is 29.1 Å². The molecule has 2 aromatic carbocycles. The summed E-state index contributed by atoms with van der Waals surface area (Å²) in [5.74, 6) is 0.382. The van der Waals surface area contributed by atoms with Crippen molar-refractivity contribution in [2.45, 2.75) is 6.43 Å². The second-order valence-corrected chi connectivity index (χ2v) is 8.10. The Morgan fingerprint density at radius 3 is 2.28 bits per heavy atom. The summed E-state index contributed by atoms with van der Waals surface area (Å²) in [7, 11) is 0. The van der Waals surface area contributed by atoms with Gasteiger partial charge in [-0.05, 0) is 48.5 Å². The van der Waals surface area contributed by atoms with E-state index in [2.05, 4.69) is 19.9 Å². The van der Waals surface area contributed by atoms with Gasteiger partial charge in [0.05, 0.1) is 24.2 Å². The van der Waals surface area contributed by atoms with E-state index in [1.165, 1.54) is 4.57 Å². The lowest BCUT2D eigenvalue weighted by Gasteiger charge is -2.27. The highest BCUT2D eigenvalue weighted by molar-refractivity contribution is 5.77. The van der Waals surface area contributed by atoms with E-state index in [9.17, 15) is 8.78 Å². The fourth-order valence-corrected chi connectivity index (χ4v) is 4.09. The third-order valence-corrected chi connectivity index (χ3v) is 5.82. The van der Waals surface area contributed by atoms with Crippen molar-refractivity contribution < 1.29 is 18.3 Å². The van der Waals surface area contributed by atoms with Crippen molar-refractivity contribution in [1.29, 1.82) is 0 Å². The van der Waals surface area contributed by atoms with Gasteiger partial charge in [0.1, 0.15) is 5.75 Å². The first-order valence-electron chi connectivity index (χ1n) is 11.4. The summed E-state index contributed by atoms with van der Waals surface area (Å²) in [4.78, 5) is 19.5. The van der Waals surface area contributed by atoms with Crippen LogP contribution in [0.25, 0.3) is 22.7 Å². The molecule has 0 saturated carbocycles. The van der Waals surface area contributed by atoms with Crippen molar-refractivity contribution in [3.63, 3.8) is 0 Å². The zero-order chi connectivity index (χ0) is 24.5. The van der Waals surface area contributed by atoms with Gasteiger partial charge >= 0.3 is 6.01 Å². The number of fused-ring (bicyclic) bond motifs is 1. The molecule has 0 atom stereocenters. The highest BCUT2D eigenvalue weighted by Crippen LogP contribution is 2.29. The standard InChI is InChI=1S/C25H21F2N7O2/c26-21(27)22-28-19-5-1-2-6-20(19)34(22)24-29-23(33-13-15-35-16-14-33)30-25(31-24)36-18-9-7-17(8-10-18)32-11-3-4-12-32/h1-12,21H,13-16H2. The Bertz CT molecular complexity index is 1480. The van der Waals surface area contributed by atoms with Crippen molar-refractivity contribution >= 4 is 17.0 Å². The van der Waals surface area contributed by atoms with E-state index in [0.717, 1.165) is 5.69 Å². The minimum Gasteiger partial charge on any atom is -0.424 e. The van der Waals surface area contributed by atoms with Crippen molar-refractivity contribution in [2.24, 2.45) is 0 Å². The summed E-state index contributed by atoms with van der Waals surface area (Å²) in [5.41, 5.74) is 1.85. The minimum absolute atomic E-state index is 0.00629. The Kier molecular flexibility index (Phi) is 5.74. The lowest BCUT2D eigenvalue weighted by atomic mass is 10.3. The van der Waals surface area contributed by atoms with Gasteiger partial charge in [0, 0.05) is 31.2 Å². The van der Waals surface area contributed by atoms with Crippen molar-refractivity contribution in [2.75, 3.05) is 31.2 Å². The van der Waals surface area contributed by atoms with Crippen LogP contribution in [0.15, 0.2) is 73.1 Å². The molecule has 6 rings (SSSR count). The van der Waals surface area contributed by atoms with Gasteiger partial charge in [0.25, 0.3) is 6.43 Å². The first-order chi connectivity index (χ1) is 17.7. The van der Waals surface area contributed by atoms with Crippen LogP contribution in [-0.2, 0) is 4.74 Å². The number of halogens is 2. The number of benzene rings is 2. The zero-order valence-electron chi connectivity index (χ0n) is 19.0. The molecule has 36 heavy (non-hydrogen) atoms. The number of imidazole rings is 1. The Morgan fingerprint density at radius 1 is 0.806 bits per heavy atom. The first kappa shape index (κ1) is 22.1. The molecule has 11 heteroatoms. The first-order valence-corrected chi connectivity index (χ1v) is 11.4. The van der Waals surface area contributed by atoms with Gasteiger partial charge in [-0.3, -0.25) is 4.57 Å². The lowest BCUT2D eigenvalue weighted by molar-refractivity contribution is 0.122. The van der Waals surface area contributed by atoms with Crippen LogP contribution < -0.4 is 9.64 Å². The largest absolute Gasteiger partial charge is 0.424 e. The smallest absolute Gasteiger partial charge is 0.328 e. The number of morpholine rings is 1. The van der Waals surface area contributed by atoms with Gasteiger partial charge in [-0.15, -0.1) is 0 Å². The molecule has 5 aromatic rings. The number of ether oxygens (including phenoxy) is 2. The maximum Gasteiger partial charge on any atom is 0.328 e. The molecule has 0 bridgehead atoms. The Balaban J connectivity index is 1.43. The molecular formula is C25H21F2N7O2. The Morgan fingerprint density at radius 2 is 1.53 bits per heavy atom. The van der Waals surface area contributed by atoms with Gasteiger partial charge in [0.2, 0.25) is 11.9 Å². The number of hydrogen-bond acceptors (Lipinski definition) is 7. The molecule has 182 valence electrons. The Labute approximate surface area is 204 Å². The molecule has 1 aliphatic heterocycles. The number of rotatable bonds is 6. The van der Waals surface area contributed by atoms with Gasteiger partial charge in [-0.1, -0.05) is 12.1 Å². The molecule has 0 amide bonds. The summed E-state index contributed by atoms with van der Waals surface area (Å²) in [6, 6.07) is 18.1. The third kappa shape index (κ3) is 4.24. The van der Waals surface area contributed by atoms with Crippen LogP contribution in [0.2, 0.25) is 0 Å². The fourth-order valence-electron chi connectivity index (χ4n) is 4.09. The van der Waals surface area contributed by atoms with Crippen molar-refractivity contribution in [3.05, 3.63) is 78.9 Å². The van der Waals surface area contributed by atoms with E-state index >= 15 is 0 Å². The van der Waals surface area contributed by atoms with Crippen LogP contribution in [0, 0.1) is 0 Å². The predicted octanol–water partition coefficient (Wildman–Crippen LogP) is 4.57. The number of hydrogen-bond donors (Lipinski definition) is 0. The number of nitrogens with zero attached hydrogens (tertiary/aromatic N) is 7. The van der Waals surface area contributed by atoms with E-state index < -0.39 is 12.2 Å². The number of aromatic nitrogens is 6. The average molecular weight is 489 g/mol. The average Bonchev–Trinajstić information content (AvgIpc) is 3.58. The molecular weight excluding hydrogens is 468 g/mol. The summed E-state index contributed by atoms with van der Waals surface area (Å²) in [5, 5.41) is 0. The second-order valence-electron chi connectivity index (χ2n) is 8.10. The molecule has 0 radical (unpaired) electrons. The summed E-state index contributed by atoms with van der Waals surface area (Å²) >= 11 is 0. The van der Waals surface area contributed by atoms with Gasteiger partial charge in [0.15, 0.2) is 5.82 Å². The van der Waals surface area contributed by atoms with Gasteiger partial charge < -0.3 is 18.9 Å². The number of para-hydroxylation sites is 2. The molecule has 0 unspecified atom stereocenters. The van der Waals surface area contributed by atoms with E-state index in [4.69, 9.17) is 9.47 Å². The number of alkyl halides is 2. The molecule has 3 aromatic heterocycles. The van der Waals surface area contributed by atoms with E-state index in [1.807, 2.05) is 46.1 Å². The topological polar surface area (TPSA) is 83.1 Å². The maximum atomic E-state index is 14.0. The fraction of sp³-hybridized carbons (Fsp3) is 0.200. The van der Waals surface area contributed by atoms with E-state index in [0.29, 0.717) is 49.0 Å². The molecule has 0 N–H and O–H groups in total. The third-order valence-electron chi connectivity index (χ3n) is 5.82. The summed E-state index contributed by atoms with van der Waals surface area (Å²) in [6.45, 7) is 2.13. The van der Waals surface area contributed by atoms with Gasteiger partial charge in [-0.25, -0.2) is 13.8 Å². The zero-order valence-corrected chi connectivity index (χ0v) is 19.0. The predicted molar refractivity (Wildman–Crippen MR) is 128 cm³/mol. The normalized spacial score (nSPS) is 14.0. The molecule has 0 spiro atoms. The lowest BCUT2D eigenvalue weighted by Crippen LogP contribution is -2.37. The van der Waals surface area contributed by atoms with Crippen LogP contribution in [0.4, 0.5) is 14.7 Å². The molecule has 9 nitrogen and oxygen atoms in total. The van der Waals surface area contributed by atoms with E-state index in [-0.39, 0.29) is 12.0 Å². The molecule has 1 fully saturated rings. The quantitative estimate of drug-likeness (QED) is 0.346. The monoisotopic (exact) mass is 489 g/mol. The summed E-state index contributed by atoms with van der Waals surface area (Å²) in [6.07, 6.45) is 1.06. The SMILES string of the molecule is FC(F)c1nc2ccccc2n1-c1nc(Oc2ccc(-n3cccc3)cc2)nc(N2CCOCC2)n1. The molecule has 1 saturated heterocycles. The molecule has 0 aliphatic carbocycles. The maximum absolute atomic E-state index is 14.0. The van der Waals surface area contributed by atoms with Crippen LogP contribution in [0.5, 0.6) is 11.8 Å².